The van der Waals surface area contributed by atoms with Gasteiger partial charge in [0, 0.05) is 30.9 Å². The maximum absolute atomic E-state index is 12.6. The van der Waals surface area contributed by atoms with Gasteiger partial charge in [-0.15, -0.1) is 0 Å². The lowest BCUT2D eigenvalue weighted by Crippen LogP contribution is -2.30. The summed E-state index contributed by atoms with van der Waals surface area (Å²) in [4.78, 5) is 22.3. The Hall–Kier alpha value is -2.10. The second kappa shape index (κ2) is 5.84. The third-order valence-corrected chi connectivity index (χ3v) is 5.17. The fourth-order valence-corrected chi connectivity index (χ4v) is 3.87. The molecule has 0 spiro atoms. The molecule has 1 amide bonds. The van der Waals surface area contributed by atoms with Crippen molar-refractivity contribution in [3.8, 4) is 0 Å². The number of hydrogen-bond acceptors (Lipinski definition) is 2. The quantitative estimate of drug-likeness (QED) is 0.948. The molecule has 4 heteroatoms. The van der Waals surface area contributed by atoms with Crippen molar-refractivity contribution >= 4 is 5.91 Å². The highest BCUT2D eigenvalue weighted by Gasteiger charge is 2.29. The summed E-state index contributed by atoms with van der Waals surface area (Å²) in [5.41, 5.74) is 5.16. The maximum Gasteiger partial charge on any atom is 0.227 e. The van der Waals surface area contributed by atoms with Gasteiger partial charge < -0.3 is 9.88 Å². The Kier molecular flexibility index (Phi) is 3.68. The number of aromatic nitrogens is 2. The summed E-state index contributed by atoms with van der Waals surface area (Å²) in [6.07, 6.45) is 7.01. The Balaban J connectivity index is 1.40. The van der Waals surface area contributed by atoms with Crippen molar-refractivity contribution in [2.24, 2.45) is 0 Å². The number of hydrogen-bond donors (Lipinski definition) is 1. The van der Waals surface area contributed by atoms with Crippen molar-refractivity contribution in [1.29, 1.82) is 0 Å². The van der Waals surface area contributed by atoms with Crippen LogP contribution in [0.25, 0.3) is 0 Å². The Bertz CT molecular complexity index is 734. The van der Waals surface area contributed by atoms with E-state index in [9.17, 15) is 4.79 Å². The molecular weight excluding hydrogens is 286 g/mol. The maximum atomic E-state index is 12.6. The van der Waals surface area contributed by atoms with Gasteiger partial charge in [-0.25, -0.2) is 4.98 Å². The Morgan fingerprint density at radius 2 is 2.22 bits per heavy atom. The molecule has 1 aliphatic heterocycles. The summed E-state index contributed by atoms with van der Waals surface area (Å²) in [7, 11) is 0. The van der Waals surface area contributed by atoms with Crippen molar-refractivity contribution in [3.63, 3.8) is 0 Å². The molecule has 2 aromatic rings. The standard InChI is InChI=1S/C19H23N3O/c1-13-11-20-19(21-13)17-7-8-22(12-17)18(23)10-14-5-6-15-3-2-4-16(15)9-14/h5-6,9,11,17H,2-4,7-8,10,12H2,1H3,(H,20,21)/t17-/m1/s1. The first kappa shape index (κ1) is 14.5. The van der Waals surface area contributed by atoms with Crippen LogP contribution in [0.4, 0.5) is 0 Å². The van der Waals surface area contributed by atoms with E-state index >= 15 is 0 Å². The molecular formula is C19H23N3O. The number of amides is 1. The Labute approximate surface area is 136 Å². The van der Waals surface area contributed by atoms with E-state index in [-0.39, 0.29) is 5.91 Å². The first-order valence-corrected chi connectivity index (χ1v) is 8.59. The second-order valence-corrected chi connectivity index (χ2v) is 6.91. The molecule has 0 bridgehead atoms. The van der Waals surface area contributed by atoms with Gasteiger partial charge in [0.1, 0.15) is 5.82 Å². The van der Waals surface area contributed by atoms with Gasteiger partial charge in [0.2, 0.25) is 5.91 Å². The molecule has 1 aliphatic carbocycles. The molecule has 0 radical (unpaired) electrons. The average Bonchev–Trinajstić information content (AvgIpc) is 3.26. The van der Waals surface area contributed by atoms with Crippen molar-refractivity contribution in [1.82, 2.24) is 14.9 Å². The van der Waals surface area contributed by atoms with Crippen LogP contribution in [0.1, 0.15) is 47.0 Å². The summed E-state index contributed by atoms with van der Waals surface area (Å²) in [5.74, 6) is 1.62. The molecule has 120 valence electrons. The average molecular weight is 309 g/mol. The van der Waals surface area contributed by atoms with E-state index in [1.807, 2.05) is 18.0 Å². The van der Waals surface area contributed by atoms with E-state index in [0.717, 1.165) is 36.6 Å². The van der Waals surface area contributed by atoms with Crippen molar-refractivity contribution in [2.75, 3.05) is 13.1 Å². The smallest absolute Gasteiger partial charge is 0.227 e. The number of H-pyrrole nitrogens is 1. The highest BCUT2D eigenvalue weighted by Crippen LogP contribution is 2.26. The first-order valence-electron chi connectivity index (χ1n) is 8.59. The van der Waals surface area contributed by atoms with Gasteiger partial charge in [0.25, 0.3) is 0 Å². The number of rotatable bonds is 3. The Morgan fingerprint density at radius 3 is 3.04 bits per heavy atom. The fraction of sp³-hybridized carbons (Fsp3) is 0.474. The van der Waals surface area contributed by atoms with E-state index in [1.54, 1.807) is 0 Å². The van der Waals surface area contributed by atoms with Crippen molar-refractivity contribution in [2.45, 2.75) is 44.9 Å². The predicted molar refractivity (Wildman–Crippen MR) is 89.4 cm³/mol. The van der Waals surface area contributed by atoms with Gasteiger partial charge in [-0.3, -0.25) is 4.79 Å². The minimum absolute atomic E-state index is 0.244. The van der Waals surface area contributed by atoms with Crippen LogP contribution in [0.2, 0.25) is 0 Å². The zero-order chi connectivity index (χ0) is 15.8. The lowest BCUT2D eigenvalue weighted by atomic mass is 10.0. The van der Waals surface area contributed by atoms with Gasteiger partial charge >= 0.3 is 0 Å². The largest absolute Gasteiger partial charge is 0.346 e. The normalized spacial score (nSPS) is 20.0. The molecule has 2 aliphatic rings. The number of carbonyl (C=O) groups excluding carboxylic acids is 1. The molecule has 1 aromatic heterocycles. The third kappa shape index (κ3) is 2.90. The van der Waals surface area contributed by atoms with Crippen LogP contribution in [0.3, 0.4) is 0 Å². The van der Waals surface area contributed by atoms with Crippen LogP contribution in [-0.2, 0) is 24.1 Å². The zero-order valence-electron chi connectivity index (χ0n) is 13.6. The van der Waals surface area contributed by atoms with Gasteiger partial charge in [-0.05, 0) is 49.3 Å². The van der Waals surface area contributed by atoms with E-state index in [1.165, 1.54) is 30.4 Å². The first-order chi connectivity index (χ1) is 11.2. The minimum atomic E-state index is 0.244. The Morgan fingerprint density at radius 1 is 1.35 bits per heavy atom. The minimum Gasteiger partial charge on any atom is -0.346 e. The topological polar surface area (TPSA) is 49.0 Å². The van der Waals surface area contributed by atoms with Gasteiger partial charge in [0.05, 0.1) is 6.42 Å². The lowest BCUT2D eigenvalue weighted by Gasteiger charge is -2.16. The molecule has 1 saturated heterocycles. The van der Waals surface area contributed by atoms with Crippen LogP contribution >= 0.6 is 0 Å². The summed E-state index contributed by atoms with van der Waals surface area (Å²) in [6.45, 7) is 3.65. The predicted octanol–water partition coefficient (Wildman–Crippen LogP) is 2.77. The SMILES string of the molecule is Cc1cnc([C@@H]2CCN(C(=O)Cc3ccc4c(c3)CCC4)C2)[nH]1. The number of aromatic amines is 1. The van der Waals surface area contributed by atoms with E-state index < -0.39 is 0 Å². The number of fused-ring (bicyclic) bond motifs is 1. The van der Waals surface area contributed by atoms with Gasteiger partial charge in [0.15, 0.2) is 0 Å². The molecule has 1 N–H and O–H groups in total. The summed E-state index contributed by atoms with van der Waals surface area (Å²) in [6, 6.07) is 6.58. The molecule has 0 saturated carbocycles. The number of nitrogens with one attached hydrogen (secondary N) is 1. The molecule has 0 unspecified atom stereocenters. The number of nitrogens with zero attached hydrogens (tertiary/aromatic N) is 2. The highest BCUT2D eigenvalue weighted by atomic mass is 16.2. The monoisotopic (exact) mass is 309 g/mol. The number of aryl methyl sites for hydroxylation is 3. The molecule has 23 heavy (non-hydrogen) atoms. The number of carbonyl (C=O) groups is 1. The van der Waals surface area contributed by atoms with E-state index in [0.29, 0.717) is 12.3 Å². The summed E-state index contributed by atoms with van der Waals surface area (Å²) < 4.78 is 0. The fourth-order valence-electron chi connectivity index (χ4n) is 3.87. The summed E-state index contributed by atoms with van der Waals surface area (Å²) in [5, 5.41) is 0. The van der Waals surface area contributed by atoms with Gasteiger partial charge in [-0.1, -0.05) is 18.2 Å². The van der Waals surface area contributed by atoms with Crippen LogP contribution in [0.15, 0.2) is 24.4 Å². The summed E-state index contributed by atoms with van der Waals surface area (Å²) >= 11 is 0. The molecule has 2 heterocycles. The zero-order valence-corrected chi connectivity index (χ0v) is 13.6. The molecule has 1 fully saturated rings. The van der Waals surface area contributed by atoms with Crippen LogP contribution in [0.5, 0.6) is 0 Å². The molecule has 1 atom stereocenters. The van der Waals surface area contributed by atoms with Crippen LogP contribution in [-0.4, -0.2) is 33.9 Å². The second-order valence-electron chi connectivity index (χ2n) is 6.91. The van der Waals surface area contributed by atoms with E-state index in [4.69, 9.17) is 0 Å². The molecule has 1 aromatic carbocycles. The number of likely N-dealkylation sites (tertiary alicyclic amines) is 1. The molecule has 4 rings (SSSR count). The van der Waals surface area contributed by atoms with Crippen LogP contribution < -0.4 is 0 Å². The van der Waals surface area contributed by atoms with E-state index in [2.05, 4.69) is 28.2 Å². The van der Waals surface area contributed by atoms with Crippen molar-refractivity contribution in [3.05, 3.63) is 52.6 Å². The van der Waals surface area contributed by atoms with Crippen LogP contribution in [0, 0.1) is 6.92 Å². The number of imidazole rings is 1. The van der Waals surface area contributed by atoms with Gasteiger partial charge in [-0.2, -0.15) is 0 Å². The number of benzene rings is 1. The third-order valence-electron chi connectivity index (χ3n) is 5.17. The highest BCUT2D eigenvalue weighted by molar-refractivity contribution is 5.79. The molecule has 4 nitrogen and oxygen atoms in total. The lowest BCUT2D eigenvalue weighted by molar-refractivity contribution is -0.129. The van der Waals surface area contributed by atoms with Crippen molar-refractivity contribution < 1.29 is 4.79 Å².